The van der Waals surface area contributed by atoms with Crippen molar-refractivity contribution in [1.82, 2.24) is 0 Å². The Morgan fingerprint density at radius 1 is 1.38 bits per heavy atom. The molecule has 0 aromatic heterocycles. The lowest BCUT2D eigenvalue weighted by Crippen LogP contribution is -1.96. The topological polar surface area (TPSA) is 79.1 Å². The van der Waals surface area contributed by atoms with E-state index in [1.807, 2.05) is 0 Å². The molecule has 0 aliphatic heterocycles. The molecule has 0 aliphatic rings. The Hall–Kier alpha value is -1.27. The van der Waals surface area contributed by atoms with Crippen molar-refractivity contribution in [2.45, 2.75) is 4.90 Å². The molecule has 1 aromatic carbocycles. The Bertz CT molecular complexity index is 425. The van der Waals surface area contributed by atoms with Gasteiger partial charge in [-0.1, -0.05) is 6.07 Å². The van der Waals surface area contributed by atoms with Gasteiger partial charge in [-0.3, -0.25) is 4.55 Å². The van der Waals surface area contributed by atoms with E-state index in [9.17, 15) is 8.42 Å². The summed E-state index contributed by atoms with van der Waals surface area (Å²) in [5, 5.41) is 7.11. The molecule has 1 rings (SSSR count). The first-order valence-corrected chi connectivity index (χ1v) is 4.85. The summed E-state index contributed by atoms with van der Waals surface area (Å²) in [5.74, 6) is 0. The van der Waals surface area contributed by atoms with Crippen LogP contribution in [0, 0.1) is 0 Å². The Morgan fingerprint density at radius 2 is 2.08 bits per heavy atom. The molecule has 5 nitrogen and oxygen atoms in total. The van der Waals surface area contributed by atoms with Crippen LogP contribution in [-0.4, -0.2) is 20.0 Å². The second-order valence-electron chi connectivity index (χ2n) is 2.27. The van der Waals surface area contributed by atoms with Crippen LogP contribution in [0.4, 0.5) is 5.69 Å². The molecule has 70 valence electrons. The molecule has 0 saturated carbocycles. The summed E-state index contributed by atoms with van der Waals surface area (Å²) in [6, 6.07) is 5.58. The SMILES string of the molecule is CN=Nc1cccc(S(=O)(=O)O)c1. The Morgan fingerprint density at radius 3 is 2.62 bits per heavy atom. The minimum Gasteiger partial charge on any atom is -0.282 e. The molecule has 1 N–H and O–H groups in total. The first-order valence-electron chi connectivity index (χ1n) is 3.41. The van der Waals surface area contributed by atoms with Crippen molar-refractivity contribution in [2.24, 2.45) is 10.2 Å². The maximum atomic E-state index is 10.7. The Labute approximate surface area is 75.9 Å². The van der Waals surface area contributed by atoms with Crippen molar-refractivity contribution >= 4 is 15.8 Å². The third-order valence-electron chi connectivity index (χ3n) is 1.33. The van der Waals surface area contributed by atoms with Gasteiger partial charge in [0.2, 0.25) is 0 Å². The van der Waals surface area contributed by atoms with E-state index in [4.69, 9.17) is 4.55 Å². The largest absolute Gasteiger partial charge is 0.294 e. The average molecular weight is 200 g/mol. The van der Waals surface area contributed by atoms with Crippen LogP contribution in [0.3, 0.4) is 0 Å². The predicted molar refractivity (Wildman–Crippen MR) is 46.7 cm³/mol. The van der Waals surface area contributed by atoms with Gasteiger partial charge in [-0.25, -0.2) is 0 Å². The van der Waals surface area contributed by atoms with Crippen molar-refractivity contribution in [1.29, 1.82) is 0 Å². The van der Waals surface area contributed by atoms with Gasteiger partial charge in [0.1, 0.15) is 0 Å². The lowest BCUT2D eigenvalue weighted by atomic mass is 10.3. The molecule has 0 fully saturated rings. The van der Waals surface area contributed by atoms with Gasteiger partial charge in [0, 0.05) is 7.05 Å². The van der Waals surface area contributed by atoms with Crippen molar-refractivity contribution in [2.75, 3.05) is 7.05 Å². The lowest BCUT2D eigenvalue weighted by molar-refractivity contribution is 0.483. The lowest BCUT2D eigenvalue weighted by Gasteiger charge is -1.96. The van der Waals surface area contributed by atoms with Crippen LogP contribution >= 0.6 is 0 Å². The zero-order chi connectivity index (χ0) is 9.90. The van der Waals surface area contributed by atoms with E-state index in [-0.39, 0.29) is 4.90 Å². The van der Waals surface area contributed by atoms with Gasteiger partial charge in [-0.2, -0.15) is 18.6 Å². The fourth-order valence-corrected chi connectivity index (χ4v) is 1.34. The van der Waals surface area contributed by atoms with Crippen LogP contribution in [0.2, 0.25) is 0 Å². The second-order valence-corrected chi connectivity index (χ2v) is 3.69. The van der Waals surface area contributed by atoms with Gasteiger partial charge in [0.05, 0.1) is 10.6 Å². The number of hydrogen-bond acceptors (Lipinski definition) is 4. The predicted octanol–water partition coefficient (Wildman–Crippen LogP) is 1.65. The zero-order valence-corrected chi connectivity index (χ0v) is 7.69. The molecular formula is C7H8N2O3S. The van der Waals surface area contributed by atoms with Crippen LogP contribution in [-0.2, 0) is 10.1 Å². The number of nitrogens with zero attached hydrogens (tertiary/aromatic N) is 2. The molecular weight excluding hydrogens is 192 g/mol. The summed E-state index contributed by atoms with van der Waals surface area (Å²) in [4.78, 5) is -0.183. The molecule has 0 unspecified atom stereocenters. The average Bonchev–Trinajstić information content (AvgIpc) is 2.04. The highest BCUT2D eigenvalue weighted by atomic mass is 32.2. The fourth-order valence-electron chi connectivity index (χ4n) is 0.822. The third kappa shape index (κ3) is 2.60. The summed E-state index contributed by atoms with van der Waals surface area (Å²) in [7, 11) is -2.67. The van der Waals surface area contributed by atoms with Gasteiger partial charge in [0.25, 0.3) is 10.1 Å². The van der Waals surface area contributed by atoms with E-state index < -0.39 is 10.1 Å². The normalized spacial score (nSPS) is 12.2. The number of azo groups is 1. The van der Waals surface area contributed by atoms with Gasteiger partial charge < -0.3 is 0 Å². The highest BCUT2D eigenvalue weighted by Crippen LogP contribution is 2.17. The molecule has 0 heterocycles. The summed E-state index contributed by atoms with van der Waals surface area (Å²) in [5.41, 5.74) is 0.387. The van der Waals surface area contributed by atoms with Crippen LogP contribution in [0.15, 0.2) is 39.4 Å². The fraction of sp³-hybridized carbons (Fsp3) is 0.143. The van der Waals surface area contributed by atoms with Gasteiger partial charge in [0.15, 0.2) is 0 Å². The van der Waals surface area contributed by atoms with Crippen LogP contribution < -0.4 is 0 Å². The Kier molecular flexibility index (Phi) is 2.74. The molecule has 0 saturated heterocycles. The number of benzene rings is 1. The van der Waals surface area contributed by atoms with Gasteiger partial charge in [-0.05, 0) is 18.2 Å². The van der Waals surface area contributed by atoms with E-state index in [2.05, 4.69) is 10.2 Å². The summed E-state index contributed by atoms with van der Waals surface area (Å²) in [6.45, 7) is 0. The minimum absolute atomic E-state index is 0.183. The molecule has 0 atom stereocenters. The first kappa shape index (κ1) is 9.82. The maximum absolute atomic E-state index is 10.7. The number of hydrogen-bond donors (Lipinski definition) is 1. The van der Waals surface area contributed by atoms with E-state index >= 15 is 0 Å². The quantitative estimate of drug-likeness (QED) is 0.582. The minimum atomic E-state index is -4.15. The third-order valence-corrected chi connectivity index (χ3v) is 2.18. The van der Waals surface area contributed by atoms with Crippen molar-refractivity contribution in [3.05, 3.63) is 24.3 Å². The van der Waals surface area contributed by atoms with E-state index in [0.717, 1.165) is 0 Å². The molecule has 1 aromatic rings. The smallest absolute Gasteiger partial charge is 0.282 e. The van der Waals surface area contributed by atoms with Crippen molar-refractivity contribution < 1.29 is 13.0 Å². The molecule has 0 radical (unpaired) electrons. The highest BCUT2D eigenvalue weighted by Gasteiger charge is 2.08. The zero-order valence-electron chi connectivity index (χ0n) is 6.88. The van der Waals surface area contributed by atoms with Crippen LogP contribution in [0.5, 0.6) is 0 Å². The molecule has 0 aliphatic carbocycles. The van der Waals surface area contributed by atoms with Crippen LogP contribution in [0.25, 0.3) is 0 Å². The highest BCUT2D eigenvalue weighted by molar-refractivity contribution is 7.85. The van der Waals surface area contributed by atoms with E-state index in [1.54, 1.807) is 6.07 Å². The van der Waals surface area contributed by atoms with Gasteiger partial charge in [-0.15, -0.1) is 0 Å². The summed E-state index contributed by atoms with van der Waals surface area (Å²) < 4.78 is 30.0. The molecule has 6 heteroatoms. The van der Waals surface area contributed by atoms with Gasteiger partial charge >= 0.3 is 0 Å². The first-order chi connectivity index (χ1) is 6.04. The second kappa shape index (κ2) is 3.63. The molecule has 0 spiro atoms. The van der Waals surface area contributed by atoms with Crippen molar-refractivity contribution in [3.8, 4) is 0 Å². The summed E-state index contributed by atoms with van der Waals surface area (Å²) >= 11 is 0. The molecule has 0 bridgehead atoms. The van der Waals surface area contributed by atoms with E-state index in [0.29, 0.717) is 5.69 Å². The summed E-state index contributed by atoms with van der Waals surface area (Å²) in [6.07, 6.45) is 0. The molecule has 0 amide bonds. The monoisotopic (exact) mass is 200 g/mol. The van der Waals surface area contributed by atoms with Crippen LogP contribution in [0.1, 0.15) is 0 Å². The number of rotatable bonds is 2. The standard InChI is InChI=1S/C7H8N2O3S/c1-8-9-6-3-2-4-7(5-6)13(10,11)12/h2-5H,1H3,(H,10,11,12). The Balaban J connectivity index is 3.21. The van der Waals surface area contributed by atoms with E-state index in [1.165, 1.54) is 25.2 Å². The van der Waals surface area contributed by atoms with Crippen molar-refractivity contribution in [3.63, 3.8) is 0 Å². The maximum Gasteiger partial charge on any atom is 0.294 e. The molecule has 13 heavy (non-hydrogen) atoms.